The van der Waals surface area contributed by atoms with Gasteiger partial charge in [-0.05, 0) is 0 Å². The summed E-state index contributed by atoms with van der Waals surface area (Å²) in [7, 11) is 0. The van der Waals surface area contributed by atoms with E-state index in [9.17, 15) is 24.6 Å². The van der Waals surface area contributed by atoms with Crippen molar-refractivity contribution in [1.82, 2.24) is 20.2 Å². The molecular weight excluding hydrogens is 306 g/mol. The first-order chi connectivity index (χ1) is 10.9. The van der Waals surface area contributed by atoms with Crippen molar-refractivity contribution in [3.8, 4) is 0 Å². The number of rotatable bonds is 6. The van der Waals surface area contributed by atoms with Crippen LogP contribution in [0.3, 0.4) is 0 Å². The van der Waals surface area contributed by atoms with Gasteiger partial charge in [0.15, 0.2) is 0 Å². The Labute approximate surface area is 131 Å². The molecule has 10 nitrogen and oxygen atoms in total. The highest BCUT2D eigenvalue weighted by atomic mass is 16.4. The van der Waals surface area contributed by atoms with E-state index >= 15 is 0 Å². The van der Waals surface area contributed by atoms with Gasteiger partial charge in [0.1, 0.15) is 12.1 Å². The molecule has 1 saturated heterocycles. The second-order valence-electron chi connectivity index (χ2n) is 5.34. The molecule has 126 valence electrons. The van der Waals surface area contributed by atoms with Gasteiger partial charge in [0.2, 0.25) is 11.8 Å². The van der Waals surface area contributed by atoms with Gasteiger partial charge >= 0.3 is 5.97 Å². The van der Waals surface area contributed by atoms with Gasteiger partial charge < -0.3 is 31.1 Å². The normalized spacial score (nSPS) is 21.9. The Balaban J connectivity index is 2.05. The van der Waals surface area contributed by atoms with Crippen LogP contribution in [0.15, 0.2) is 12.5 Å². The second-order valence-corrected chi connectivity index (χ2v) is 5.34. The third kappa shape index (κ3) is 4.05. The summed E-state index contributed by atoms with van der Waals surface area (Å²) in [6.07, 6.45) is 2.11. The SMILES string of the molecule is NCC(=O)N1C[C@H](O)C[C@H]1C(=O)N[C@@H](Cc1cnc[nH]1)C(=O)O. The number of hydrogen-bond acceptors (Lipinski definition) is 6. The number of hydrogen-bond donors (Lipinski definition) is 5. The minimum atomic E-state index is -1.21. The number of carbonyl (C=O) groups excluding carboxylic acids is 2. The van der Waals surface area contributed by atoms with Gasteiger partial charge in [-0.3, -0.25) is 9.59 Å². The van der Waals surface area contributed by atoms with E-state index in [-0.39, 0.29) is 25.9 Å². The molecule has 0 spiro atoms. The molecule has 0 aromatic carbocycles. The molecule has 6 N–H and O–H groups in total. The Morgan fingerprint density at radius 3 is 2.83 bits per heavy atom. The fraction of sp³-hybridized carbons (Fsp3) is 0.538. The van der Waals surface area contributed by atoms with Crippen molar-refractivity contribution < 1.29 is 24.6 Å². The highest BCUT2D eigenvalue weighted by Gasteiger charge is 2.39. The van der Waals surface area contributed by atoms with Gasteiger partial charge in [0.05, 0.1) is 19.0 Å². The number of β-amino-alcohol motifs (C(OH)–C–C–N with tert-alkyl or cyclic N) is 1. The molecule has 0 unspecified atom stereocenters. The van der Waals surface area contributed by atoms with Crippen LogP contribution in [0, 0.1) is 0 Å². The lowest BCUT2D eigenvalue weighted by Gasteiger charge is -2.24. The summed E-state index contributed by atoms with van der Waals surface area (Å²) >= 11 is 0. The number of aliphatic hydroxyl groups is 1. The molecule has 2 heterocycles. The zero-order valence-electron chi connectivity index (χ0n) is 12.3. The van der Waals surface area contributed by atoms with Gasteiger partial charge in [-0.25, -0.2) is 9.78 Å². The highest BCUT2D eigenvalue weighted by Crippen LogP contribution is 2.18. The van der Waals surface area contributed by atoms with E-state index in [1.54, 1.807) is 0 Å². The predicted octanol–water partition coefficient (Wildman–Crippen LogP) is -2.56. The monoisotopic (exact) mass is 325 g/mol. The lowest BCUT2D eigenvalue weighted by atomic mass is 10.1. The third-order valence-corrected chi connectivity index (χ3v) is 3.67. The Morgan fingerprint density at radius 1 is 1.52 bits per heavy atom. The number of imidazole rings is 1. The minimum Gasteiger partial charge on any atom is -0.480 e. The predicted molar refractivity (Wildman–Crippen MR) is 77.0 cm³/mol. The number of carbonyl (C=O) groups is 3. The van der Waals surface area contributed by atoms with Crippen LogP contribution in [0.2, 0.25) is 0 Å². The lowest BCUT2D eigenvalue weighted by Crippen LogP contribution is -2.52. The number of carboxylic acid groups (broad SMARTS) is 1. The quantitative estimate of drug-likeness (QED) is 0.384. The molecule has 23 heavy (non-hydrogen) atoms. The van der Waals surface area contributed by atoms with Crippen LogP contribution in [0.1, 0.15) is 12.1 Å². The number of nitrogens with two attached hydrogens (primary N) is 1. The molecule has 0 radical (unpaired) electrons. The standard InChI is InChI=1S/C13H19N5O5/c14-3-11(20)18-5-8(19)2-10(18)12(21)17-9(13(22)23)1-7-4-15-6-16-7/h4,6,8-10,19H,1-3,5,14H2,(H,15,16)(H,17,21)(H,22,23)/t8-,9+,10+/m1/s1. The number of nitrogens with zero attached hydrogens (tertiary/aromatic N) is 2. The Morgan fingerprint density at radius 2 is 2.26 bits per heavy atom. The Bertz CT molecular complexity index is 575. The van der Waals surface area contributed by atoms with E-state index < -0.39 is 36.0 Å². The highest BCUT2D eigenvalue weighted by molar-refractivity contribution is 5.91. The molecule has 1 aliphatic rings. The molecule has 0 bridgehead atoms. The van der Waals surface area contributed by atoms with E-state index in [0.29, 0.717) is 5.69 Å². The van der Waals surface area contributed by atoms with E-state index in [1.807, 2.05) is 0 Å². The zero-order valence-corrected chi connectivity index (χ0v) is 12.3. The van der Waals surface area contributed by atoms with E-state index in [2.05, 4.69) is 15.3 Å². The number of carboxylic acids is 1. The van der Waals surface area contributed by atoms with Crippen LogP contribution in [0.25, 0.3) is 0 Å². The minimum absolute atomic E-state index is 0.00636. The molecular formula is C13H19N5O5. The Kier molecular flexibility index (Phi) is 5.29. The smallest absolute Gasteiger partial charge is 0.326 e. The largest absolute Gasteiger partial charge is 0.480 e. The number of nitrogens with one attached hydrogen (secondary N) is 2. The molecule has 1 aliphatic heterocycles. The zero-order chi connectivity index (χ0) is 17.0. The number of aliphatic carboxylic acids is 1. The number of aliphatic hydroxyl groups excluding tert-OH is 1. The van der Waals surface area contributed by atoms with E-state index in [0.717, 1.165) is 0 Å². The number of likely N-dealkylation sites (tertiary alicyclic amines) is 1. The molecule has 2 rings (SSSR count). The van der Waals surface area contributed by atoms with Crippen LogP contribution >= 0.6 is 0 Å². The molecule has 0 aliphatic carbocycles. The van der Waals surface area contributed by atoms with Gasteiger partial charge in [-0.15, -0.1) is 0 Å². The summed E-state index contributed by atoms with van der Waals surface area (Å²) in [6, 6.07) is -2.10. The van der Waals surface area contributed by atoms with Crippen molar-refractivity contribution >= 4 is 17.8 Å². The van der Waals surface area contributed by atoms with Gasteiger partial charge in [0, 0.05) is 31.3 Å². The first kappa shape index (κ1) is 16.9. The topological polar surface area (TPSA) is 162 Å². The van der Waals surface area contributed by atoms with Crippen molar-refractivity contribution in [3.63, 3.8) is 0 Å². The molecule has 2 amide bonds. The van der Waals surface area contributed by atoms with Gasteiger partial charge in [-0.1, -0.05) is 0 Å². The van der Waals surface area contributed by atoms with E-state index in [1.165, 1.54) is 17.4 Å². The maximum absolute atomic E-state index is 12.3. The summed E-state index contributed by atoms with van der Waals surface area (Å²) in [4.78, 5) is 43.1. The number of aromatic amines is 1. The third-order valence-electron chi connectivity index (χ3n) is 3.67. The van der Waals surface area contributed by atoms with Crippen molar-refractivity contribution in [2.75, 3.05) is 13.1 Å². The van der Waals surface area contributed by atoms with Gasteiger partial charge in [-0.2, -0.15) is 0 Å². The molecule has 1 aromatic rings. The van der Waals surface area contributed by atoms with E-state index in [4.69, 9.17) is 5.73 Å². The first-order valence-electron chi connectivity index (χ1n) is 7.10. The maximum Gasteiger partial charge on any atom is 0.326 e. The fourth-order valence-corrected chi connectivity index (χ4v) is 2.54. The van der Waals surface area contributed by atoms with Gasteiger partial charge in [0.25, 0.3) is 0 Å². The molecule has 3 atom stereocenters. The van der Waals surface area contributed by atoms with Crippen LogP contribution in [0.5, 0.6) is 0 Å². The summed E-state index contributed by atoms with van der Waals surface area (Å²) in [6.45, 7) is -0.278. The van der Waals surface area contributed by atoms with Crippen LogP contribution in [-0.4, -0.2) is 74.1 Å². The molecule has 10 heteroatoms. The van der Waals surface area contributed by atoms with Crippen LogP contribution in [-0.2, 0) is 20.8 Å². The molecule has 1 aromatic heterocycles. The summed E-state index contributed by atoms with van der Waals surface area (Å²) in [5.41, 5.74) is 5.84. The summed E-state index contributed by atoms with van der Waals surface area (Å²) < 4.78 is 0. The second kappa shape index (κ2) is 7.20. The van der Waals surface area contributed by atoms with Crippen LogP contribution < -0.4 is 11.1 Å². The number of aromatic nitrogens is 2. The van der Waals surface area contributed by atoms with Crippen molar-refractivity contribution in [2.45, 2.75) is 31.0 Å². The number of amides is 2. The lowest BCUT2D eigenvalue weighted by molar-refractivity contribution is -0.143. The summed E-state index contributed by atoms with van der Waals surface area (Å²) in [5.74, 6) is -2.30. The maximum atomic E-state index is 12.3. The average molecular weight is 325 g/mol. The Hall–Kier alpha value is -2.46. The van der Waals surface area contributed by atoms with Crippen molar-refractivity contribution in [3.05, 3.63) is 18.2 Å². The molecule has 1 fully saturated rings. The summed E-state index contributed by atoms with van der Waals surface area (Å²) in [5, 5.41) is 21.3. The van der Waals surface area contributed by atoms with Crippen molar-refractivity contribution in [2.24, 2.45) is 5.73 Å². The first-order valence-corrected chi connectivity index (χ1v) is 7.10. The fourth-order valence-electron chi connectivity index (χ4n) is 2.54. The average Bonchev–Trinajstić information content (AvgIpc) is 3.14. The molecule has 0 saturated carbocycles. The van der Waals surface area contributed by atoms with Crippen molar-refractivity contribution in [1.29, 1.82) is 0 Å². The van der Waals surface area contributed by atoms with Crippen LogP contribution in [0.4, 0.5) is 0 Å². The number of H-pyrrole nitrogens is 1.